The van der Waals surface area contributed by atoms with Gasteiger partial charge in [0.15, 0.2) is 0 Å². The van der Waals surface area contributed by atoms with E-state index in [-0.39, 0.29) is 12.0 Å². The van der Waals surface area contributed by atoms with Crippen molar-refractivity contribution in [2.45, 2.75) is 19.8 Å². The Morgan fingerprint density at radius 2 is 2.11 bits per heavy atom. The summed E-state index contributed by atoms with van der Waals surface area (Å²) in [4.78, 5) is 34.7. The summed E-state index contributed by atoms with van der Waals surface area (Å²) in [6.07, 6.45) is 2.17. The molecule has 1 heterocycles. The fraction of sp³-hybridized carbons (Fsp3) is 0.214. The molecule has 5 heteroatoms. The molecule has 0 bridgehead atoms. The molecule has 0 saturated carbocycles. The van der Waals surface area contributed by atoms with Gasteiger partial charge in [0.2, 0.25) is 0 Å². The maximum absolute atomic E-state index is 11.8. The van der Waals surface area contributed by atoms with Gasteiger partial charge in [0.25, 0.3) is 11.8 Å². The Morgan fingerprint density at radius 3 is 2.74 bits per heavy atom. The van der Waals surface area contributed by atoms with Crippen molar-refractivity contribution in [3.8, 4) is 5.75 Å². The number of ether oxygens (including phenoxy) is 1. The standard InChI is InChI=1S/C14H13NO4/c1-3-5-8-10(19-11(16)4-2)7-6-9-12(8)14(18)15-13(9)17/h3,6-7H,1,4-5H2,2H3,(H,15,17,18). The first kappa shape index (κ1) is 13.0. The molecule has 0 fully saturated rings. The Balaban J connectivity index is 2.55. The molecule has 0 saturated heterocycles. The molecule has 0 spiro atoms. The van der Waals surface area contributed by atoms with Crippen LogP contribution < -0.4 is 10.1 Å². The number of amides is 2. The number of nitrogens with one attached hydrogen (secondary N) is 1. The van der Waals surface area contributed by atoms with E-state index in [1.807, 2.05) is 0 Å². The van der Waals surface area contributed by atoms with E-state index in [4.69, 9.17) is 4.74 Å². The minimum atomic E-state index is -0.466. The van der Waals surface area contributed by atoms with Crippen LogP contribution in [0.1, 0.15) is 39.6 Å². The lowest BCUT2D eigenvalue weighted by Gasteiger charge is -2.11. The SMILES string of the molecule is C=CCc1c(OC(=O)CC)ccc2c1C(=O)NC2=O. The zero-order chi connectivity index (χ0) is 14.0. The third-order valence-corrected chi connectivity index (χ3v) is 2.83. The maximum atomic E-state index is 11.8. The first-order valence-electron chi connectivity index (χ1n) is 5.91. The van der Waals surface area contributed by atoms with Gasteiger partial charge in [0.05, 0.1) is 11.1 Å². The Labute approximate surface area is 110 Å². The lowest BCUT2D eigenvalue weighted by Crippen LogP contribution is -2.20. The monoisotopic (exact) mass is 259 g/mol. The second-order valence-electron chi connectivity index (χ2n) is 4.07. The van der Waals surface area contributed by atoms with Crippen LogP contribution in [-0.4, -0.2) is 17.8 Å². The minimum absolute atomic E-state index is 0.232. The Kier molecular flexibility index (Phi) is 3.46. The maximum Gasteiger partial charge on any atom is 0.310 e. The molecule has 5 nitrogen and oxygen atoms in total. The summed E-state index contributed by atoms with van der Waals surface area (Å²) in [5.41, 5.74) is 1.09. The van der Waals surface area contributed by atoms with Crippen LogP contribution in [0.25, 0.3) is 0 Å². The minimum Gasteiger partial charge on any atom is -0.426 e. The van der Waals surface area contributed by atoms with Gasteiger partial charge in [-0.25, -0.2) is 0 Å². The largest absolute Gasteiger partial charge is 0.426 e. The van der Waals surface area contributed by atoms with Crippen LogP contribution in [0.2, 0.25) is 0 Å². The van der Waals surface area contributed by atoms with E-state index in [0.717, 1.165) is 0 Å². The number of fused-ring (bicyclic) bond motifs is 1. The number of imide groups is 1. The van der Waals surface area contributed by atoms with Crippen LogP contribution in [0, 0.1) is 0 Å². The molecule has 1 aliphatic rings. The number of esters is 1. The van der Waals surface area contributed by atoms with Gasteiger partial charge < -0.3 is 4.74 Å². The second-order valence-corrected chi connectivity index (χ2v) is 4.07. The number of carbonyl (C=O) groups excluding carboxylic acids is 3. The lowest BCUT2D eigenvalue weighted by molar-refractivity contribution is -0.134. The van der Waals surface area contributed by atoms with Gasteiger partial charge in [-0.3, -0.25) is 19.7 Å². The van der Waals surface area contributed by atoms with Gasteiger partial charge in [-0.2, -0.15) is 0 Å². The number of carbonyl (C=O) groups is 3. The van der Waals surface area contributed by atoms with E-state index in [2.05, 4.69) is 11.9 Å². The molecule has 0 unspecified atom stereocenters. The van der Waals surface area contributed by atoms with Gasteiger partial charge in [0.1, 0.15) is 5.75 Å². The topological polar surface area (TPSA) is 72.5 Å². The molecule has 98 valence electrons. The van der Waals surface area contributed by atoms with Gasteiger partial charge in [0, 0.05) is 12.0 Å². The molecular weight excluding hydrogens is 246 g/mol. The molecule has 1 N–H and O–H groups in total. The number of rotatable bonds is 4. The quantitative estimate of drug-likeness (QED) is 0.386. The fourth-order valence-corrected chi connectivity index (χ4v) is 1.95. The molecule has 0 radical (unpaired) electrons. The van der Waals surface area contributed by atoms with E-state index in [1.54, 1.807) is 13.0 Å². The van der Waals surface area contributed by atoms with Gasteiger partial charge in [-0.1, -0.05) is 13.0 Å². The molecule has 19 heavy (non-hydrogen) atoms. The normalized spacial score (nSPS) is 12.9. The summed E-state index contributed by atoms with van der Waals surface area (Å²) < 4.78 is 5.18. The summed E-state index contributed by atoms with van der Waals surface area (Å²) in [7, 11) is 0. The average molecular weight is 259 g/mol. The molecule has 2 rings (SSSR count). The zero-order valence-electron chi connectivity index (χ0n) is 10.5. The zero-order valence-corrected chi connectivity index (χ0v) is 10.5. The van der Waals surface area contributed by atoms with Gasteiger partial charge in [-0.05, 0) is 18.6 Å². The highest BCUT2D eigenvalue weighted by molar-refractivity contribution is 6.22. The predicted molar refractivity (Wildman–Crippen MR) is 68.1 cm³/mol. The number of hydrogen-bond donors (Lipinski definition) is 1. The van der Waals surface area contributed by atoms with E-state index in [1.165, 1.54) is 12.1 Å². The highest BCUT2D eigenvalue weighted by atomic mass is 16.5. The molecule has 0 aliphatic carbocycles. The van der Waals surface area contributed by atoms with Gasteiger partial charge in [-0.15, -0.1) is 6.58 Å². The summed E-state index contributed by atoms with van der Waals surface area (Å²) >= 11 is 0. The van der Waals surface area contributed by atoms with Crippen LogP contribution in [0.3, 0.4) is 0 Å². The second kappa shape index (κ2) is 5.06. The fourth-order valence-electron chi connectivity index (χ4n) is 1.95. The average Bonchev–Trinajstić information content (AvgIpc) is 2.67. The Hall–Kier alpha value is -2.43. The van der Waals surface area contributed by atoms with Gasteiger partial charge >= 0.3 is 5.97 Å². The van der Waals surface area contributed by atoms with Crippen LogP contribution in [0.5, 0.6) is 5.75 Å². The summed E-state index contributed by atoms with van der Waals surface area (Å²) in [6, 6.07) is 3.02. The van der Waals surface area contributed by atoms with E-state index in [9.17, 15) is 14.4 Å². The lowest BCUT2D eigenvalue weighted by atomic mass is 9.99. The number of allylic oxidation sites excluding steroid dienone is 1. The first-order chi connectivity index (χ1) is 9.08. The smallest absolute Gasteiger partial charge is 0.310 e. The van der Waals surface area contributed by atoms with Crippen molar-refractivity contribution in [2.24, 2.45) is 0 Å². The van der Waals surface area contributed by atoms with Crippen molar-refractivity contribution in [3.63, 3.8) is 0 Å². The van der Waals surface area contributed by atoms with Crippen LogP contribution in [0.4, 0.5) is 0 Å². The van der Waals surface area contributed by atoms with Crippen molar-refractivity contribution in [3.05, 3.63) is 41.5 Å². The third kappa shape index (κ3) is 2.27. The molecule has 2 amide bonds. The van der Waals surface area contributed by atoms with Crippen LogP contribution in [0.15, 0.2) is 24.8 Å². The van der Waals surface area contributed by atoms with E-state index in [0.29, 0.717) is 23.3 Å². The number of hydrogen-bond acceptors (Lipinski definition) is 4. The van der Waals surface area contributed by atoms with Crippen molar-refractivity contribution >= 4 is 17.8 Å². The highest BCUT2D eigenvalue weighted by Crippen LogP contribution is 2.29. The van der Waals surface area contributed by atoms with Crippen molar-refractivity contribution in [2.75, 3.05) is 0 Å². The molecule has 0 atom stereocenters. The van der Waals surface area contributed by atoms with E-state index < -0.39 is 17.8 Å². The molecule has 1 aromatic rings. The molecular formula is C14H13NO4. The van der Waals surface area contributed by atoms with Crippen molar-refractivity contribution in [1.82, 2.24) is 5.32 Å². The Bertz CT molecular complexity index is 589. The molecule has 0 aromatic heterocycles. The Morgan fingerprint density at radius 1 is 1.37 bits per heavy atom. The molecule has 1 aromatic carbocycles. The predicted octanol–water partition coefficient (Wildman–Crippen LogP) is 1.61. The summed E-state index contributed by atoms with van der Waals surface area (Å²) in [6.45, 7) is 5.29. The summed E-state index contributed by atoms with van der Waals surface area (Å²) in [5, 5.41) is 2.22. The summed E-state index contributed by atoms with van der Waals surface area (Å²) in [5.74, 6) is -0.990. The van der Waals surface area contributed by atoms with Crippen molar-refractivity contribution < 1.29 is 19.1 Å². The molecule has 1 aliphatic heterocycles. The van der Waals surface area contributed by atoms with Crippen molar-refractivity contribution in [1.29, 1.82) is 0 Å². The highest BCUT2D eigenvalue weighted by Gasteiger charge is 2.31. The van der Waals surface area contributed by atoms with E-state index >= 15 is 0 Å². The third-order valence-electron chi connectivity index (χ3n) is 2.83. The first-order valence-corrected chi connectivity index (χ1v) is 5.91. The van der Waals surface area contributed by atoms with Crippen LogP contribution in [-0.2, 0) is 11.2 Å². The number of benzene rings is 1. The van der Waals surface area contributed by atoms with Crippen LogP contribution >= 0.6 is 0 Å².